The van der Waals surface area contributed by atoms with E-state index in [0.29, 0.717) is 17.6 Å². The summed E-state index contributed by atoms with van der Waals surface area (Å²) < 4.78 is 1.51. The lowest BCUT2D eigenvalue weighted by Crippen LogP contribution is -2.35. The highest BCUT2D eigenvalue weighted by Gasteiger charge is 2.32. The van der Waals surface area contributed by atoms with E-state index < -0.39 is 0 Å². The Bertz CT molecular complexity index is 784. The Labute approximate surface area is 135 Å². The van der Waals surface area contributed by atoms with Crippen LogP contribution in [0.4, 0.5) is 5.82 Å². The maximum absolute atomic E-state index is 4.58. The molecule has 6 heteroatoms. The van der Waals surface area contributed by atoms with Crippen LogP contribution in [0.3, 0.4) is 0 Å². The zero-order valence-electron chi connectivity index (χ0n) is 13.2. The Morgan fingerprint density at radius 1 is 1.17 bits per heavy atom. The van der Waals surface area contributed by atoms with E-state index in [9.17, 15) is 0 Å². The number of rotatable bonds is 4. The molecule has 0 aliphatic carbocycles. The van der Waals surface area contributed by atoms with Crippen LogP contribution in [-0.2, 0) is 0 Å². The average molecular weight is 308 g/mol. The van der Waals surface area contributed by atoms with Gasteiger partial charge in [-0.15, -0.1) is 14.8 Å². The van der Waals surface area contributed by atoms with Gasteiger partial charge in [0.1, 0.15) is 0 Å². The van der Waals surface area contributed by atoms with Crippen LogP contribution in [0.2, 0.25) is 0 Å². The molecule has 1 saturated heterocycles. The summed E-state index contributed by atoms with van der Waals surface area (Å²) in [5.41, 5.74) is 2.09. The molecule has 0 amide bonds. The zero-order valence-corrected chi connectivity index (χ0v) is 13.2. The van der Waals surface area contributed by atoms with Crippen LogP contribution in [0.25, 0.3) is 5.65 Å². The molecule has 1 fully saturated rings. The first kappa shape index (κ1) is 14.1. The first-order chi connectivity index (χ1) is 11.4. The predicted octanol–water partition coefficient (Wildman–Crippen LogP) is 2.68. The molecule has 0 bridgehead atoms. The van der Waals surface area contributed by atoms with Gasteiger partial charge in [0, 0.05) is 18.5 Å². The molecule has 118 valence electrons. The van der Waals surface area contributed by atoms with Crippen molar-refractivity contribution in [2.45, 2.75) is 38.1 Å². The van der Waals surface area contributed by atoms with Gasteiger partial charge in [0.05, 0.1) is 0 Å². The van der Waals surface area contributed by atoms with E-state index >= 15 is 0 Å². The molecule has 1 aliphatic heterocycles. The Hall–Kier alpha value is -2.50. The van der Waals surface area contributed by atoms with Gasteiger partial charge in [-0.05, 0) is 47.4 Å². The molecule has 2 atom stereocenters. The largest absolute Gasteiger partial charge is 0.352 e. The summed E-state index contributed by atoms with van der Waals surface area (Å²) in [7, 11) is 0. The minimum absolute atomic E-state index is 0.476. The van der Waals surface area contributed by atoms with Crippen molar-refractivity contribution in [3.05, 3.63) is 48.0 Å². The van der Waals surface area contributed by atoms with Crippen molar-refractivity contribution in [1.29, 1.82) is 0 Å². The van der Waals surface area contributed by atoms with E-state index in [2.05, 4.69) is 62.8 Å². The number of nitrogens with zero attached hydrogens (tertiary/aromatic N) is 6. The average Bonchev–Trinajstić information content (AvgIpc) is 3.25. The maximum Gasteiger partial charge on any atom is 0.200 e. The third-order valence-corrected chi connectivity index (χ3v) is 4.78. The predicted molar refractivity (Wildman–Crippen MR) is 88.4 cm³/mol. The van der Waals surface area contributed by atoms with Gasteiger partial charge in [-0.1, -0.05) is 37.3 Å². The summed E-state index contributed by atoms with van der Waals surface area (Å²) in [6, 6.07) is 15.2. The Balaban J connectivity index is 1.67. The van der Waals surface area contributed by atoms with Crippen molar-refractivity contribution in [2.75, 3.05) is 11.4 Å². The summed E-state index contributed by atoms with van der Waals surface area (Å²) in [6.07, 6.45) is 3.52. The molecule has 0 radical (unpaired) electrons. The summed E-state index contributed by atoms with van der Waals surface area (Å²) in [6.45, 7) is 3.31. The van der Waals surface area contributed by atoms with Gasteiger partial charge in [-0.3, -0.25) is 0 Å². The van der Waals surface area contributed by atoms with Crippen molar-refractivity contribution in [3.8, 4) is 0 Å². The highest BCUT2D eigenvalue weighted by molar-refractivity contribution is 5.47. The summed E-state index contributed by atoms with van der Waals surface area (Å²) >= 11 is 0. The summed E-state index contributed by atoms with van der Waals surface area (Å²) in [4.78, 5) is 2.42. The van der Waals surface area contributed by atoms with E-state index in [1.165, 1.54) is 23.0 Å². The number of aromatic nitrogens is 5. The number of tetrazole rings is 1. The quantitative estimate of drug-likeness (QED) is 0.741. The lowest BCUT2D eigenvalue weighted by molar-refractivity contribution is 0.511. The van der Waals surface area contributed by atoms with Gasteiger partial charge in [0.2, 0.25) is 0 Å². The second kappa shape index (κ2) is 5.95. The normalized spacial score (nSPS) is 19.3. The van der Waals surface area contributed by atoms with Gasteiger partial charge < -0.3 is 4.90 Å². The van der Waals surface area contributed by atoms with Crippen molar-refractivity contribution in [1.82, 2.24) is 25.3 Å². The first-order valence-electron chi connectivity index (χ1n) is 8.24. The molecule has 1 aromatic carbocycles. The van der Waals surface area contributed by atoms with Crippen molar-refractivity contribution in [2.24, 2.45) is 0 Å². The van der Waals surface area contributed by atoms with Crippen LogP contribution in [0.15, 0.2) is 42.5 Å². The van der Waals surface area contributed by atoms with Crippen molar-refractivity contribution < 1.29 is 0 Å². The van der Waals surface area contributed by atoms with Gasteiger partial charge in [0.15, 0.2) is 11.5 Å². The first-order valence-corrected chi connectivity index (χ1v) is 8.24. The molecule has 3 aromatic rings. The number of benzene rings is 1. The van der Waals surface area contributed by atoms with Crippen LogP contribution in [0.5, 0.6) is 0 Å². The van der Waals surface area contributed by atoms with Crippen LogP contribution in [0.1, 0.15) is 37.7 Å². The smallest absolute Gasteiger partial charge is 0.200 e. The van der Waals surface area contributed by atoms with Crippen LogP contribution in [-0.4, -0.2) is 37.8 Å². The van der Waals surface area contributed by atoms with E-state index in [0.717, 1.165) is 18.8 Å². The van der Waals surface area contributed by atoms with Gasteiger partial charge >= 0.3 is 0 Å². The SMILES string of the molecule is CC[C@H](c1ccccc1)[C@H]1CCCN1c1ccc2nnnn2n1. The monoisotopic (exact) mass is 308 g/mol. The second-order valence-electron chi connectivity index (χ2n) is 6.05. The highest BCUT2D eigenvalue weighted by atomic mass is 15.6. The van der Waals surface area contributed by atoms with E-state index in [-0.39, 0.29) is 0 Å². The lowest BCUT2D eigenvalue weighted by Gasteiger charge is -2.32. The fourth-order valence-electron chi connectivity index (χ4n) is 3.72. The molecule has 4 rings (SSSR count). The minimum Gasteiger partial charge on any atom is -0.352 e. The van der Waals surface area contributed by atoms with Crippen molar-refractivity contribution >= 4 is 11.5 Å². The molecule has 1 aliphatic rings. The number of hydrogen-bond donors (Lipinski definition) is 0. The molecule has 0 saturated carbocycles. The molecule has 23 heavy (non-hydrogen) atoms. The van der Waals surface area contributed by atoms with Crippen molar-refractivity contribution in [3.63, 3.8) is 0 Å². The van der Waals surface area contributed by atoms with Gasteiger partial charge in [-0.2, -0.15) is 0 Å². The third-order valence-electron chi connectivity index (χ3n) is 4.78. The van der Waals surface area contributed by atoms with Gasteiger partial charge in [-0.25, -0.2) is 0 Å². The van der Waals surface area contributed by atoms with Crippen LogP contribution >= 0.6 is 0 Å². The third kappa shape index (κ3) is 2.54. The molecule has 6 nitrogen and oxygen atoms in total. The number of fused-ring (bicyclic) bond motifs is 1. The lowest BCUT2D eigenvalue weighted by atomic mass is 9.87. The Morgan fingerprint density at radius 2 is 2.04 bits per heavy atom. The molecular formula is C17H20N6. The fraction of sp³-hybridized carbons (Fsp3) is 0.412. The van der Waals surface area contributed by atoms with Crippen LogP contribution < -0.4 is 4.90 Å². The van der Waals surface area contributed by atoms with Crippen LogP contribution in [0, 0.1) is 0 Å². The van der Waals surface area contributed by atoms with E-state index in [4.69, 9.17) is 0 Å². The molecule has 0 unspecified atom stereocenters. The summed E-state index contributed by atoms with van der Waals surface area (Å²) in [5.74, 6) is 1.48. The minimum atomic E-state index is 0.476. The van der Waals surface area contributed by atoms with Gasteiger partial charge in [0.25, 0.3) is 0 Å². The molecule has 2 aromatic heterocycles. The molecule has 0 N–H and O–H groups in total. The highest BCUT2D eigenvalue weighted by Crippen LogP contribution is 2.35. The maximum atomic E-state index is 4.58. The molecule has 0 spiro atoms. The Kier molecular flexibility index (Phi) is 3.65. The topological polar surface area (TPSA) is 59.2 Å². The standard InChI is InChI=1S/C17H20N6/c1-2-14(13-7-4-3-5-8-13)15-9-6-12-22(15)17-11-10-16-18-20-21-23(16)19-17/h3-5,7-8,10-11,14-15H,2,6,9,12H2,1H3/t14-,15-/m1/s1. The van der Waals surface area contributed by atoms with E-state index in [1.807, 2.05) is 12.1 Å². The Morgan fingerprint density at radius 3 is 2.87 bits per heavy atom. The molecular weight excluding hydrogens is 288 g/mol. The summed E-state index contributed by atoms with van der Waals surface area (Å²) in [5, 5.41) is 16.1. The number of hydrogen-bond acceptors (Lipinski definition) is 5. The molecule has 3 heterocycles. The van der Waals surface area contributed by atoms with E-state index in [1.54, 1.807) is 0 Å². The number of anilines is 1. The second-order valence-corrected chi connectivity index (χ2v) is 6.05. The fourth-order valence-corrected chi connectivity index (χ4v) is 3.72. The zero-order chi connectivity index (χ0) is 15.6.